The monoisotopic (exact) mass is 503 g/mol. The first kappa shape index (κ1) is 27.2. The molecule has 0 aliphatic carbocycles. The van der Waals surface area contributed by atoms with Crippen molar-refractivity contribution in [2.24, 2.45) is 7.05 Å². The molecule has 3 rings (SSSR count). The van der Waals surface area contributed by atoms with Crippen LogP contribution in [-0.4, -0.2) is 77.3 Å². The van der Waals surface area contributed by atoms with Crippen LogP contribution >= 0.6 is 11.6 Å². The summed E-state index contributed by atoms with van der Waals surface area (Å²) in [5, 5.41) is 4.95. The minimum atomic E-state index is -0.115. The van der Waals surface area contributed by atoms with Gasteiger partial charge in [-0.25, -0.2) is 0 Å². The quantitative estimate of drug-likeness (QED) is 0.604. The van der Waals surface area contributed by atoms with Crippen molar-refractivity contribution in [2.75, 3.05) is 44.8 Å². The summed E-state index contributed by atoms with van der Waals surface area (Å²) < 4.78 is 6.94. The zero-order chi connectivity index (χ0) is 25.5. The Hall–Kier alpha value is -2.42. The summed E-state index contributed by atoms with van der Waals surface area (Å²) in [7, 11) is 3.42. The first-order valence-electron chi connectivity index (χ1n) is 12.3. The van der Waals surface area contributed by atoms with Gasteiger partial charge in [-0.05, 0) is 56.9 Å². The Morgan fingerprint density at radius 2 is 1.91 bits per heavy atom. The number of ether oxygens (including phenoxy) is 1. The topological polar surface area (TPSA) is 70.9 Å². The summed E-state index contributed by atoms with van der Waals surface area (Å²) >= 11 is 6.36. The molecule has 0 N–H and O–H groups in total. The van der Waals surface area contributed by atoms with E-state index < -0.39 is 0 Å². The van der Waals surface area contributed by atoms with Crippen LogP contribution in [0.1, 0.15) is 43.5 Å². The van der Waals surface area contributed by atoms with Crippen LogP contribution in [0.25, 0.3) is 0 Å². The molecule has 2 aromatic rings. The molecular formula is C26H38ClN5O3. The highest BCUT2D eigenvalue weighted by atomic mass is 35.5. The van der Waals surface area contributed by atoms with Gasteiger partial charge in [0.1, 0.15) is 6.61 Å². The first-order chi connectivity index (χ1) is 16.7. The van der Waals surface area contributed by atoms with Gasteiger partial charge in [-0.3, -0.25) is 19.2 Å². The molecular weight excluding hydrogens is 466 g/mol. The average molecular weight is 504 g/mol. The van der Waals surface area contributed by atoms with Gasteiger partial charge in [-0.2, -0.15) is 5.10 Å². The fraction of sp³-hybridized carbons (Fsp3) is 0.577. The normalized spacial score (nSPS) is 15.7. The molecule has 0 spiro atoms. The van der Waals surface area contributed by atoms with E-state index in [0.29, 0.717) is 43.5 Å². The third kappa shape index (κ3) is 7.29. The maximum atomic E-state index is 13.5. The number of hydrogen-bond donors (Lipinski definition) is 0. The maximum Gasteiger partial charge on any atom is 0.252 e. The molecule has 0 saturated carbocycles. The Morgan fingerprint density at radius 3 is 2.57 bits per heavy atom. The minimum absolute atomic E-state index is 0.00699. The molecule has 0 bridgehead atoms. The summed E-state index contributed by atoms with van der Waals surface area (Å²) in [6, 6.07) is 5.91. The van der Waals surface area contributed by atoms with E-state index in [1.807, 2.05) is 43.3 Å². The van der Waals surface area contributed by atoms with Gasteiger partial charge in [-0.1, -0.05) is 17.7 Å². The van der Waals surface area contributed by atoms with Crippen molar-refractivity contribution in [3.63, 3.8) is 0 Å². The lowest BCUT2D eigenvalue weighted by Gasteiger charge is -2.30. The minimum Gasteiger partial charge on any atom is -0.375 e. The molecule has 2 heterocycles. The van der Waals surface area contributed by atoms with Crippen molar-refractivity contribution in [1.82, 2.24) is 19.6 Å². The van der Waals surface area contributed by atoms with Crippen LogP contribution < -0.4 is 4.90 Å². The van der Waals surface area contributed by atoms with E-state index in [-0.39, 0.29) is 18.4 Å². The second kappa shape index (κ2) is 12.5. The summed E-state index contributed by atoms with van der Waals surface area (Å²) in [4.78, 5) is 32.5. The number of anilines is 1. The van der Waals surface area contributed by atoms with E-state index in [2.05, 4.69) is 23.8 Å². The van der Waals surface area contributed by atoms with Crippen molar-refractivity contribution in [2.45, 2.75) is 52.6 Å². The molecule has 0 unspecified atom stereocenters. The van der Waals surface area contributed by atoms with Crippen molar-refractivity contribution >= 4 is 29.1 Å². The Morgan fingerprint density at radius 1 is 1.14 bits per heavy atom. The van der Waals surface area contributed by atoms with Crippen LogP contribution in [0.3, 0.4) is 0 Å². The Bertz CT molecular complexity index is 1020. The van der Waals surface area contributed by atoms with Crippen molar-refractivity contribution in [1.29, 1.82) is 0 Å². The largest absolute Gasteiger partial charge is 0.375 e. The molecule has 1 aliphatic rings. The number of methoxy groups -OCH3 is 1. The second-order valence-electron chi connectivity index (χ2n) is 9.46. The van der Waals surface area contributed by atoms with Crippen LogP contribution in [0.5, 0.6) is 0 Å². The zero-order valence-electron chi connectivity index (χ0n) is 21.6. The molecule has 1 aromatic carbocycles. The van der Waals surface area contributed by atoms with Gasteiger partial charge >= 0.3 is 0 Å². The lowest BCUT2D eigenvalue weighted by Crippen LogP contribution is -2.41. The van der Waals surface area contributed by atoms with Crippen LogP contribution in [0.15, 0.2) is 24.4 Å². The van der Waals surface area contributed by atoms with Gasteiger partial charge in [0, 0.05) is 70.6 Å². The number of fused-ring (bicyclic) bond motifs is 1. The van der Waals surface area contributed by atoms with E-state index in [0.717, 1.165) is 42.0 Å². The van der Waals surface area contributed by atoms with Crippen molar-refractivity contribution < 1.29 is 14.3 Å². The lowest BCUT2D eigenvalue weighted by molar-refractivity contribution is -0.132. The van der Waals surface area contributed by atoms with Gasteiger partial charge in [0.15, 0.2) is 0 Å². The lowest BCUT2D eigenvalue weighted by atomic mass is 10.1. The van der Waals surface area contributed by atoms with Crippen LogP contribution in [0, 0.1) is 6.92 Å². The van der Waals surface area contributed by atoms with Gasteiger partial charge < -0.3 is 14.5 Å². The van der Waals surface area contributed by atoms with E-state index in [4.69, 9.17) is 16.3 Å². The SMILES string of the molecule is COCC(=O)N1CCCN(C(C)C)CCN(C(=O)CCc2cn(C)nc2C)Cc2ccc(Cl)cc21. The Labute approximate surface area is 213 Å². The molecule has 1 aromatic heterocycles. The molecule has 9 heteroatoms. The average Bonchev–Trinajstić information content (AvgIpc) is 3.11. The summed E-state index contributed by atoms with van der Waals surface area (Å²) in [6.45, 7) is 9.51. The number of aromatic nitrogens is 2. The number of carbonyl (C=O) groups is 2. The van der Waals surface area contributed by atoms with Crippen molar-refractivity contribution in [3.8, 4) is 0 Å². The second-order valence-corrected chi connectivity index (χ2v) is 9.90. The van der Waals surface area contributed by atoms with Gasteiger partial charge in [0.2, 0.25) is 5.91 Å². The first-order valence-corrected chi connectivity index (χ1v) is 12.7. The van der Waals surface area contributed by atoms with E-state index in [1.54, 1.807) is 9.58 Å². The molecule has 0 atom stereocenters. The molecule has 0 radical (unpaired) electrons. The van der Waals surface area contributed by atoms with Crippen LogP contribution in [0.2, 0.25) is 5.02 Å². The number of hydrogen-bond acceptors (Lipinski definition) is 5. The maximum absolute atomic E-state index is 13.5. The van der Waals surface area contributed by atoms with Gasteiger partial charge in [0.25, 0.3) is 5.91 Å². The van der Waals surface area contributed by atoms with E-state index in [1.165, 1.54) is 7.11 Å². The fourth-order valence-corrected chi connectivity index (χ4v) is 4.77. The molecule has 2 amide bonds. The highest BCUT2D eigenvalue weighted by Gasteiger charge is 2.24. The van der Waals surface area contributed by atoms with E-state index >= 15 is 0 Å². The zero-order valence-corrected chi connectivity index (χ0v) is 22.3. The standard InChI is InChI=1S/C26H38ClN5O3/c1-19(2)30-11-6-12-32(26(34)18-35-5)24-15-23(27)9-7-22(24)17-31(14-13-30)25(33)10-8-21-16-29(4)28-20(21)3/h7,9,15-16,19H,6,8,10-14,17-18H2,1-5H3. The number of amides is 2. The molecule has 0 saturated heterocycles. The number of benzene rings is 1. The third-order valence-electron chi connectivity index (χ3n) is 6.56. The number of halogens is 1. The highest BCUT2D eigenvalue weighted by Crippen LogP contribution is 2.28. The fourth-order valence-electron chi connectivity index (χ4n) is 4.60. The summed E-state index contributed by atoms with van der Waals surface area (Å²) in [5.41, 5.74) is 3.70. The predicted molar refractivity (Wildman–Crippen MR) is 139 cm³/mol. The van der Waals surface area contributed by atoms with Crippen LogP contribution in [0.4, 0.5) is 5.69 Å². The number of nitrogens with zero attached hydrogens (tertiary/aromatic N) is 5. The van der Waals surface area contributed by atoms with Crippen LogP contribution in [-0.2, 0) is 34.3 Å². The number of aryl methyl sites for hydroxylation is 3. The van der Waals surface area contributed by atoms with Gasteiger partial charge in [0.05, 0.1) is 11.4 Å². The number of rotatable bonds is 6. The number of carbonyl (C=O) groups excluding carboxylic acids is 2. The molecule has 35 heavy (non-hydrogen) atoms. The van der Waals surface area contributed by atoms with Gasteiger partial charge in [-0.15, -0.1) is 0 Å². The summed E-state index contributed by atoms with van der Waals surface area (Å²) in [5.74, 6) is -0.0248. The Kier molecular flexibility index (Phi) is 9.71. The predicted octanol–water partition coefficient (Wildman–Crippen LogP) is 3.44. The third-order valence-corrected chi connectivity index (χ3v) is 6.79. The Balaban J connectivity index is 1.91. The molecule has 0 fully saturated rings. The summed E-state index contributed by atoms with van der Waals surface area (Å²) in [6.07, 6.45) is 3.85. The van der Waals surface area contributed by atoms with E-state index in [9.17, 15) is 9.59 Å². The molecule has 192 valence electrons. The smallest absolute Gasteiger partial charge is 0.252 e. The molecule has 8 nitrogen and oxygen atoms in total. The van der Waals surface area contributed by atoms with Crippen molar-refractivity contribution in [3.05, 3.63) is 46.2 Å². The highest BCUT2D eigenvalue weighted by molar-refractivity contribution is 6.31. The molecule has 1 aliphatic heterocycles.